The van der Waals surface area contributed by atoms with Gasteiger partial charge in [0.25, 0.3) is 0 Å². The van der Waals surface area contributed by atoms with E-state index in [0.717, 1.165) is 12.8 Å². The highest BCUT2D eigenvalue weighted by Gasteiger charge is 2.48. The maximum atomic E-state index is 2.54. The number of fused-ring (bicyclic) bond motifs is 2. The summed E-state index contributed by atoms with van der Waals surface area (Å²) in [6, 6.07) is 23.0. The van der Waals surface area contributed by atoms with Crippen LogP contribution in [0.5, 0.6) is 0 Å². The molecule has 0 saturated carbocycles. The summed E-state index contributed by atoms with van der Waals surface area (Å²) in [7, 11) is 0. The zero-order valence-corrected chi connectivity index (χ0v) is 24.0. The lowest BCUT2D eigenvalue weighted by molar-refractivity contribution is 0.304. The Kier molecular flexibility index (Phi) is 6.59. The topological polar surface area (TPSA) is 0 Å². The van der Waals surface area contributed by atoms with Gasteiger partial charge in [-0.1, -0.05) is 89.1 Å². The summed E-state index contributed by atoms with van der Waals surface area (Å²) in [5.41, 5.74) is 11.8. The number of hydrogen-bond donors (Lipinski definition) is 0. The zero-order chi connectivity index (χ0) is 25.6. The van der Waals surface area contributed by atoms with E-state index in [1.165, 1.54) is 67.1 Å². The van der Waals surface area contributed by atoms with Crippen LogP contribution in [0.3, 0.4) is 0 Å². The first kappa shape index (κ1) is 24.6. The Morgan fingerprint density at radius 3 is 1.49 bits per heavy atom. The molecule has 6 rings (SSSR count). The van der Waals surface area contributed by atoms with Crippen molar-refractivity contribution in [3.8, 4) is 0 Å². The molecule has 37 heavy (non-hydrogen) atoms. The minimum absolute atomic E-state index is 0.0160. The van der Waals surface area contributed by atoms with Crippen molar-refractivity contribution in [2.75, 3.05) is 0 Å². The van der Waals surface area contributed by atoms with Crippen LogP contribution in [0.25, 0.3) is 23.3 Å². The Bertz CT molecular complexity index is 1380. The molecular formula is C35H36S2. The minimum Gasteiger partial charge on any atom is -0.144 e. The summed E-state index contributed by atoms with van der Waals surface area (Å²) in [6.07, 6.45) is 9.66. The van der Waals surface area contributed by atoms with Crippen LogP contribution in [0.4, 0.5) is 0 Å². The zero-order valence-electron chi connectivity index (χ0n) is 22.4. The lowest BCUT2D eigenvalue weighted by Crippen LogP contribution is -2.30. The second-order valence-electron chi connectivity index (χ2n) is 11.2. The SMILES string of the molecule is CCCc1ccsc1C1=Cc2ccccc2C1C(C)(C)C1C(c2sccc2CCC)=Cc2ccccc21. The molecule has 2 heterocycles. The summed E-state index contributed by atoms with van der Waals surface area (Å²) in [4.78, 5) is 2.99. The molecule has 2 aliphatic rings. The van der Waals surface area contributed by atoms with Gasteiger partial charge in [0.15, 0.2) is 0 Å². The number of hydrogen-bond acceptors (Lipinski definition) is 2. The molecule has 2 aromatic heterocycles. The highest BCUT2D eigenvalue weighted by molar-refractivity contribution is 7.11. The van der Waals surface area contributed by atoms with E-state index < -0.39 is 0 Å². The molecule has 188 valence electrons. The van der Waals surface area contributed by atoms with E-state index in [0.29, 0.717) is 11.8 Å². The van der Waals surface area contributed by atoms with Gasteiger partial charge in [0.05, 0.1) is 0 Å². The summed E-state index contributed by atoms with van der Waals surface area (Å²) in [5, 5.41) is 4.60. The number of rotatable bonds is 8. The van der Waals surface area contributed by atoms with Crippen LogP contribution >= 0.6 is 22.7 Å². The van der Waals surface area contributed by atoms with Crippen LogP contribution in [0, 0.1) is 5.41 Å². The lowest BCUT2D eigenvalue weighted by atomic mass is 9.61. The maximum Gasteiger partial charge on any atom is 0.0340 e. The van der Waals surface area contributed by atoms with E-state index in [4.69, 9.17) is 0 Å². The van der Waals surface area contributed by atoms with E-state index in [1.807, 2.05) is 22.7 Å². The third-order valence-corrected chi connectivity index (χ3v) is 10.4. The molecule has 0 N–H and O–H groups in total. The Balaban J connectivity index is 1.52. The summed E-state index contributed by atoms with van der Waals surface area (Å²) in [6.45, 7) is 9.66. The number of allylic oxidation sites excluding steroid dienone is 2. The number of thiophene rings is 2. The fourth-order valence-electron chi connectivity index (χ4n) is 6.92. The highest BCUT2D eigenvalue weighted by atomic mass is 32.1. The van der Waals surface area contributed by atoms with E-state index >= 15 is 0 Å². The molecule has 0 aliphatic heterocycles. The van der Waals surface area contributed by atoms with Crippen LogP contribution in [0.2, 0.25) is 0 Å². The minimum atomic E-state index is -0.0160. The molecule has 0 fully saturated rings. The predicted molar refractivity (Wildman–Crippen MR) is 165 cm³/mol. The molecule has 0 amide bonds. The Morgan fingerprint density at radius 2 is 1.05 bits per heavy atom. The molecule has 2 heteroatoms. The first-order chi connectivity index (χ1) is 18.0. The van der Waals surface area contributed by atoms with Gasteiger partial charge >= 0.3 is 0 Å². The van der Waals surface area contributed by atoms with Crippen LogP contribution in [0.15, 0.2) is 71.4 Å². The quantitative estimate of drug-likeness (QED) is 0.217. The molecule has 2 aliphatic carbocycles. The van der Waals surface area contributed by atoms with Crippen LogP contribution < -0.4 is 0 Å². The van der Waals surface area contributed by atoms with Crippen molar-refractivity contribution in [2.24, 2.45) is 5.41 Å². The average molecular weight is 521 g/mol. The van der Waals surface area contributed by atoms with Crippen molar-refractivity contribution in [3.63, 3.8) is 0 Å². The second-order valence-corrected chi connectivity index (χ2v) is 13.0. The van der Waals surface area contributed by atoms with Gasteiger partial charge in [0.1, 0.15) is 0 Å². The molecular weight excluding hydrogens is 485 g/mol. The van der Waals surface area contributed by atoms with Crippen molar-refractivity contribution in [2.45, 2.75) is 65.2 Å². The smallest absolute Gasteiger partial charge is 0.0340 e. The maximum absolute atomic E-state index is 2.54. The normalized spacial score (nSPS) is 18.5. The van der Waals surface area contributed by atoms with E-state index in [9.17, 15) is 0 Å². The molecule has 4 aromatic rings. The van der Waals surface area contributed by atoms with Crippen molar-refractivity contribution in [1.82, 2.24) is 0 Å². The largest absolute Gasteiger partial charge is 0.144 e. The average Bonchev–Trinajstić information content (AvgIpc) is 3.67. The molecule has 2 atom stereocenters. The highest BCUT2D eigenvalue weighted by Crippen LogP contribution is 2.63. The first-order valence-electron chi connectivity index (χ1n) is 13.8. The van der Waals surface area contributed by atoms with E-state index in [1.54, 1.807) is 0 Å². The monoisotopic (exact) mass is 520 g/mol. The molecule has 0 nitrogen and oxygen atoms in total. The second kappa shape index (κ2) is 9.89. The third-order valence-electron chi connectivity index (χ3n) is 8.40. The van der Waals surface area contributed by atoms with Crippen LogP contribution in [-0.4, -0.2) is 0 Å². The summed E-state index contributed by atoms with van der Waals surface area (Å²) >= 11 is 3.86. The molecule has 0 radical (unpaired) electrons. The van der Waals surface area contributed by atoms with Gasteiger partial charge in [-0.05, 0) is 97.8 Å². The predicted octanol–water partition coefficient (Wildman–Crippen LogP) is 10.7. The van der Waals surface area contributed by atoms with Crippen molar-refractivity contribution in [1.29, 1.82) is 0 Å². The molecule has 0 saturated heterocycles. The summed E-state index contributed by atoms with van der Waals surface area (Å²) in [5.74, 6) is 0.680. The van der Waals surface area contributed by atoms with Crippen molar-refractivity contribution >= 4 is 46.0 Å². The van der Waals surface area contributed by atoms with Gasteiger partial charge in [-0.3, -0.25) is 0 Å². The number of aryl methyl sites for hydroxylation is 2. The van der Waals surface area contributed by atoms with E-state index in [-0.39, 0.29) is 5.41 Å². The Labute approximate surface area is 230 Å². The molecule has 0 spiro atoms. The van der Waals surface area contributed by atoms with Gasteiger partial charge < -0.3 is 0 Å². The van der Waals surface area contributed by atoms with Crippen LogP contribution in [-0.2, 0) is 12.8 Å². The summed E-state index contributed by atoms with van der Waals surface area (Å²) < 4.78 is 0. The third kappa shape index (κ3) is 4.10. The number of benzene rings is 2. The Hall–Kier alpha value is -2.68. The lowest BCUT2D eigenvalue weighted by Gasteiger charge is -2.42. The fraction of sp³-hybridized carbons (Fsp3) is 0.314. The van der Waals surface area contributed by atoms with Crippen molar-refractivity contribution in [3.05, 3.63) is 115 Å². The fourth-order valence-corrected chi connectivity index (χ4v) is 8.93. The standard InChI is InChI=1S/C35H36S2/c1-5-11-23-17-19-36-33(23)29-21-25-13-7-9-15-27(25)31(29)35(3,4)32-28-16-10-8-14-26(28)22-30(32)34-24(12-6-2)18-20-37-34/h7-10,13-22,31-32H,5-6,11-12H2,1-4H3. The van der Waals surface area contributed by atoms with Gasteiger partial charge in [0.2, 0.25) is 0 Å². The van der Waals surface area contributed by atoms with Gasteiger partial charge in [-0.2, -0.15) is 0 Å². The van der Waals surface area contributed by atoms with E-state index in [2.05, 4.69) is 111 Å². The molecule has 2 unspecified atom stereocenters. The van der Waals surface area contributed by atoms with Gasteiger partial charge in [-0.25, -0.2) is 0 Å². The Morgan fingerprint density at radius 1 is 0.622 bits per heavy atom. The first-order valence-corrected chi connectivity index (χ1v) is 15.5. The molecule has 2 aromatic carbocycles. The van der Waals surface area contributed by atoms with Crippen LogP contribution in [0.1, 0.15) is 95.5 Å². The molecule has 0 bridgehead atoms. The van der Waals surface area contributed by atoms with Gasteiger partial charge in [0, 0.05) is 21.6 Å². The van der Waals surface area contributed by atoms with Crippen molar-refractivity contribution < 1.29 is 0 Å². The van der Waals surface area contributed by atoms with Gasteiger partial charge in [-0.15, -0.1) is 22.7 Å².